The molecule has 0 saturated heterocycles. The van der Waals surface area contributed by atoms with Gasteiger partial charge in [-0.2, -0.15) is 0 Å². The van der Waals surface area contributed by atoms with Crippen molar-refractivity contribution in [2.24, 2.45) is 4.99 Å². The minimum absolute atomic E-state index is 0.0461. The second-order valence-corrected chi connectivity index (χ2v) is 7.35. The molecular formula is C22H41N3O. The van der Waals surface area contributed by atoms with Crippen molar-refractivity contribution in [2.75, 3.05) is 19.6 Å². The van der Waals surface area contributed by atoms with Crippen LogP contribution in [0, 0.1) is 0 Å². The number of allylic oxidation sites excluding steroid dienone is 2. The second-order valence-electron chi connectivity index (χ2n) is 7.35. The van der Waals surface area contributed by atoms with Gasteiger partial charge in [0, 0.05) is 13.1 Å². The fourth-order valence-electron chi connectivity index (χ4n) is 3.21. The first-order valence-corrected chi connectivity index (χ1v) is 11.1. The number of carbonyl (C=O) groups is 1. The average Bonchev–Trinajstić information content (AvgIpc) is 3.19. The first-order chi connectivity index (χ1) is 12.8. The number of unbranched alkanes of at least 4 members (excludes halogenated alkanes) is 12. The highest BCUT2D eigenvalue weighted by Gasteiger charge is 2.13. The summed E-state index contributed by atoms with van der Waals surface area (Å²) >= 11 is 0. The molecule has 0 radical (unpaired) electrons. The molecule has 2 N–H and O–H groups in total. The lowest BCUT2D eigenvalue weighted by atomic mass is 10.1. The molecule has 1 rings (SSSR count). The van der Waals surface area contributed by atoms with Crippen molar-refractivity contribution >= 4 is 11.7 Å². The molecule has 0 atom stereocenters. The van der Waals surface area contributed by atoms with E-state index < -0.39 is 0 Å². The van der Waals surface area contributed by atoms with E-state index in [1.807, 2.05) is 0 Å². The van der Waals surface area contributed by atoms with Crippen molar-refractivity contribution in [3.63, 3.8) is 0 Å². The molecule has 1 aliphatic heterocycles. The highest BCUT2D eigenvalue weighted by atomic mass is 16.2. The summed E-state index contributed by atoms with van der Waals surface area (Å²) in [7, 11) is 0. The minimum atomic E-state index is -0.0461. The van der Waals surface area contributed by atoms with E-state index in [2.05, 4.69) is 34.7 Å². The Kier molecular flexibility index (Phi) is 15.0. The topological polar surface area (TPSA) is 53.5 Å². The third-order valence-corrected chi connectivity index (χ3v) is 4.86. The lowest BCUT2D eigenvalue weighted by Crippen LogP contribution is -2.38. The van der Waals surface area contributed by atoms with Gasteiger partial charge in [0.25, 0.3) is 5.91 Å². The number of aliphatic imine (C=N–C) groups is 1. The maximum atomic E-state index is 11.7. The van der Waals surface area contributed by atoms with Gasteiger partial charge >= 0.3 is 0 Å². The van der Waals surface area contributed by atoms with Gasteiger partial charge in [0.15, 0.2) is 5.84 Å². The van der Waals surface area contributed by atoms with E-state index in [9.17, 15) is 4.79 Å². The van der Waals surface area contributed by atoms with E-state index in [4.69, 9.17) is 0 Å². The molecule has 26 heavy (non-hydrogen) atoms. The van der Waals surface area contributed by atoms with Gasteiger partial charge in [-0.1, -0.05) is 76.9 Å². The zero-order valence-electron chi connectivity index (χ0n) is 17.0. The third-order valence-electron chi connectivity index (χ3n) is 4.86. The van der Waals surface area contributed by atoms with Gasteiger partial charge in [-0.05, 0) is 32.1 Å². The highest BCUT2D eigenvalue weighted by Crippen LogP contribution is 2.09. The molecule has 0 bridgehead atoms. The largest absolute Gasteiger partial charge is 0.364 e. The molecule has 150 valence electrons. The summed E-state index contributed by atoms with van der Waals surface area (Å²) < 4.78 is 0. The number of hydrogen-bond donors (Lipinski definition) is 2. The van der Waals surface area contributed by atoms with E-state index in [0.717, 1.165) is 26.1 Å². The first kappa shape index (κ1) is 22.7. The summed E-state index contributed by atoms with van der Waals surface area (Å²) in [6.45, 7) is 4.54. The quantitative estimate of drug-likeness (QED) is 0.278. The Hall–Kier alpha value is -1.32. The van der Waals surface area contributed by atoms with Crippen LogP contribution in [0.5, 0.6) is 0 Å². The Labute approximate surface area is 161 Å². The standard InChI is InChI=1S/C22H41N3O/c1-2-3-4-5-6-7-8-9-10-11-12-13-14-15-16-17-18-25-22(26)21-23-19-20-24-21/h9-10H,2-8,11-20H2,1H3,(H,23,24)(H,25,26). The first-order valence-electron chi connectivity index (χ1n) is 11.1. The minimum Gasteiger partial charge on any atom is -0.364 e. The zero-order chi connectivity index (χ0) is 18.7. The van der Waals surface area contributed by atoms with E-state index in [0.29, 0.717) is 5.84 Å². The molecule has 4 heteroatoms. The SMILES string of the molecule is CCCCCCCCC=CCCCCCCCCNC(=O)C1=NCCN1. The van der Waals surface area contributed by atoms with Crippen molar-refractivity contribution in [3.05, 3.63) is 12.2 Å². The van der Waals surface area contributed by atoms with Crippen molar-refractivity contribution in [3.8, 4) is 0 Å². The number of amides is 1. The van der Waals surface area contributed by atoms with Crippen LogP contribution >= 0.6 is 0 Å². The van der Waals surface area contributed by atoms with Crippen LogP contribution in [0.3, 0.4) is 0 Å². The molecule has 1 heterocycles. The number of hydrogen-bond acceptors (Lipinski definition) is 3. The Balaban J connectivity index is 1.75. The second kappa shape index (κ2) is 17.1. The summed E-state index contributed by atoms with van der Waals surface area (Å²) in [6, 6.07) is 0. The van der Waals surface area contributed by atoms with Gasteiger partial charge in [0.2, 0.25) is 0 Å². The molecule has 0 saturated carbocycles. The van der Waals surface area contributed by atoms with Gasteiger partial charge in [0.1, 0.15) is 0 Å². The number of nitrogens with one attached hydrogen (secondary N) is 2. The van der Waals surface area contributed by atoms with Crippen molar-refractivity contribution < 1.29 is 4.79 Å². The van der Waals surface area contributed by atoms with E-state index in [1.165, 1.54) is 83.5 Å². The van der Waals surface area contributed by atoms with Crippen LogP contribution in [0.15, 0.2) is 17.1 Å². The highest BCUT2D eigenvalue weighted by molar-refractivity contribution is 6.38. The summed E-state index contributed by atoms with van der Waals surface area (Å²) in [6.07, 6.45) is 23.1. The monoisotopic (exact) mass is 363 g/mol. The predicted molar refractivity (Wildman–Crippen MR) is 113 cm³/mol. The van der Waals surface area contributed by atoms with Crippen LogP contribution in [-0.2, 0) is 4.79 Å². The van der Waals surface area contributed by atoms with Gasteiger partial charge in [-0.25, -0.2) is 0 Å². The van der Waals surface area contributed by atoms with Crippen LogP contribution in [0.25, 0.3) is 0 Å². The molecule has 0 aromatic heterocycles. The normalized spacial score (nSPS) is 13.8. The number of carbonyl (C=O) groups excluding carboxylic acids is 1. The van der Waals surface area contributed by atoms with Crippen molar-refractivity contribution in [1.29, 1.82) is 0 Å². The summed E-state index contributed by atoms with van der Waals surface area (Å²) in [5.41, 5.74) is 0. The molecule has 0 spiro atoms. The number of nitrogens with zero attached hydrogens (tertiary/aromatic N) is 1. The Bertz CT molecular complexity index is 404. The van der Waals surface area contributed by atoms with Crippen molar-refractivity contribution in [1.82, 2.24) is 10.6 Å². The molecule has 4 nitrogen and oxygen atoms in total. The molecule has 0 fully saturated rings. The molecule has 0 unspecified atom stereocenters. The molecular weight excluding hydrogens is 322 g/mol. The van der Waals surface area contributed by atoms with E-state index in [-0.39, 0.29) is 5.91 Å². The lowest BCUT2D eigenvalue weighted by molar-refractivity contribution is -0.115. The smallest absolute Gasteiger partial charge is 0.286 e. The number of rotatable bonds is 17. The third kappa shape index (κ3) is 13.0. The van der Waals surface area contributed by atoms with Crippen LogP contribution in [0.4, 0.5) is 0 Å². The van der Waals surface area contributed by atoms with Gasteiger partial charge in [0.05, 0.1) is 6.54 Å². The molecule has 0 aliphatic carbocycles. The van der Waals surface area contributed by atoms with E-state index in [1.54, 1.807) is 0 Å². The Morgan fingerprint density at radius 3 is 2.08 bits per heavy atom. The van der Waals surface area contributed by atoms with Crippen molar-refractivity contribution in [2.45, 2.75) is 96.8 Å². The summed E-state index contributed by atoms with van der Waals surface area (Å²) in [5.74, 6) is 0.463. The number of amidine groups is 1. The zero-order valence-corrected chi connectivity index (χ0v) is 17.0. The molecule has 1 amide bonds. The van der Waals surface area contributed by atoms with E-state index >= 15 is 0 Å². The molecule has 0 aromatic carbocycles. The lowest BCUT2D eigenvalue weighted by Gasteiger charge is -2.05. The average molecular weight is 364 g/mol. The Morgan fingerprint density at radius 1 is 0.923 bits per heavy atom. The van der Waals surface area contributed by atoms with Crippen LogP contribution in [0.1, 0.15) is 96.8 Å². The maximum Gasteiger partial charge on any atom is 0.286 e. The van der Waals surface area contributed by atoms with Crippen LogP contribution in [0.2, 0.25) is 0 Å². The summed E-state index contributed by atoms with van der Waals surface area (Å²) in [5, 5.41) is 5.93. The fraction of sp³-hybridized carbons (Fsp3) is 0.818. The van der Waals surface area contributed by atoms with Gasteiger partial charge in [-0.3, -0.25) is 9.79 Å². The maximum absolute atomic E-state index is 11.7. The van der Waals surface area contributed by atoms with Gasteiger partial charge in [-0.15, -0.1) is 0 Å². The predicted octanol–water partition coefficient (Wildman–Crippen LogP) is 5.14. The van der Waals surface area contributed by atoms with Crippen LogP contribution in [-0.4, -0.2) is 31.4 Å². The Morgan fingerprint density at radius 2 is 1.50 bits per heavy atom. The molecule has 1 aliphatic rings. The summed E-state index contributed by atoms with van der Waals surface area (Å²) in [4.78, 5) is 15.8. The van der Waals surface area contributed by atoms with Gasteiger partial charge < -0.3 is 10.6 Å². The fourth-order valence-corrected chi connectivity index (χ4v) is 3.21. The van der Waals surface area contributed by atoms with Crippen LogP contribution < -0.4 is 10.6 Å². The molecule has 0 aromatic rings.